The summed E-state index contributed by atoms with van der Waals surface area (Å²) in [6, 6.07) is 3.93. The first-order valence-corrected chi connectivity index (χ1v) is 7.06. The smallest absolute Gasteiger partial charge is 0.321 e. The topological polar surface area (TPSA) is 88.7 Å². The molecule has 0 saturated heterocycles. The van der Waals surface area contributed by atoms with Gasteiger partial charge in [-0.05, 0) is 19.1 Å². The zero-order valence-electron chi connectivity index (χ0n) is 12.7. The summed E-state index contributed by atoms with van der Waals surface area (Å²) in [7, 11) is 3.00. The van der Waals surface area contributed by atoms with Crippen LogP contribution < -0.4 is 20.7 Å². The number of imide groups is 1. The molecule has 0 aromatic heterocycles. The minimum Gasteiger partial charge on any atom is -0.487 e. The van der Waals surface area contributed by atoms with Crippen LogP contribution in [0.25, 0.3) is 0 Å². The minimum atomic E-state index is -0.652. The maximum absolute atomic E-state index is 11.8. The van der Waals surface area contributed by atoms with Crippen LogP contribution in [0.1, 0.15) is 6.92 Å². The minimum absolute atomic E-state index is 0.327. The average Bonchev–Trinajstić information content (AvgIpc) is 2.49. The second kappa shape index (κ2) is 9.11. The van der Waals surface area contributed by atoms with Crippen molar-refractivity contribution < 1.29 is 19.1 Å². The van der Waals surface area contributed by atoms with E-state index in [0.717, 1.165) is 0 Å². The number of nitrogens with one attached hydrogen (secondary N) is 3. The number of amides is 3. The summed E-state index contributed by atoms with van der Waals surface area (Å²) in [6.45, 7) is 2.36. The van der Waals surface area contributed by atoms with Crippen LogP contribution in [0, 0.1) is 0 Å². The first-order chi connectivity index (χ1) is 10.5. The van der Waals surface area contributed by atoms with Gasteiger partial charge in [-0.3, -0.25) is 10.1 Å². The molecule has 3 N–H and O–H groups in total. The summed E-state index contributed by atoms with van der Waals surface area (Å²) in [4.78, 5) is 23.0. The molecule has 1 aromatic carbocycles. The Bertz CT molecular complexity index is 525. The first kappa shape index (κ1) is 18.1. The molecular weight excluding hydrogens is 310 g/mol. The number of anilines is 1. The lowest BCUT2D eigenvalue weighted by Gasteiger charge is -2.18. The Hall–Kier alpha value is -1.99. The largest absolute Gasteiger partial charge is 0.487 e. The number of methoxy groups -OCH3 is 1. The highest BCUT2D eigenvalue weighted by atomic mass is 35.5. The van der Waals surface area contributed by atoms with Crippen molar-refractivity contribution >= 4 is 29.2 Å². The fraction of sp³-hybridized carbons (Fsp3) is 0.429. The molecule has 0 saturated carbocycles. The van der Waals surface area contributed by atoms with Gasteiger partial charge in [-0.15, -0.1) is 0 Å². The molecule has 0 radical (unpaired) electrons. The van der Waals surface area contributed by atoms with E-state index in [0.29, 0.717) is 29.7 Å². The fourth-order valence-corrected chi connectivity index (χ4v) is 1.81. The third kappa shape index (κ3) is 5.42. The van der Waals surface area contributed by atoms with Crippen molar-refractivity contribution in [2.24, 2.45) is 0 Å². The van der Waals surface area contributed by atoms with Gasteiger partial charge in [0.15, 0.2) is 5.75 Å². The van der Waals surface area contributed by atoms with Gasteiger partial charge in [0.2, 0.25) is 5.91 Å². The van der Waals surface area contributed by atoms with Crippen LogP contribution in [0.2, 0.25) is 5.02 Å². The van der Waals surface area contributed by atoms with E-state index in [1.165, 1.54) is 7.05 Å². The first-order valence-electron chi connectivity index (χ1n) is 6.69. The van der Waals surface area contributed by atoms with Crippen LogP contribution in [0.4, 0.5) is 10.5 Å². The highest BCUT2D eigenvalue weighted by Gasteiger charge is 2.17. The molecule has 0 fully saturated rings. The van der Waals surface area contributed by atoms with E-state index in [-0.39, 0.29) is 0 Å². The lowest BCUT2D eigenvalue weighted by molar-refractivity contribution is -0.120. The molecule has 0 heterocycles. The Kier molecular flexibility index (Phi) is 7.48. The Morgan fingerprint density at radius 2 is 2.05 bits per heavy atom. The summed E-state index contributed by atoms with van der Waals surface area (Å²) in [5.41, 5.74) is 0.558. The molecule has 0 spiro atoms. The summed E-state index contributed by atoms with van der Waals surface area (Å²) >= 11 is 6.11. The number of hydrogen-bond acceptors (Lipinski definition) is 5. The van der Waals surface area contributed by atoms with Gasteiger partial charge >= 0.3 is 6.03 Å². The predicted octanol–water partition coefficient (Wildman–Crippen LogP) is 1.62. The number of ether oxygens (including phenoxy) is 2. The van der Waals surface area contributed by atoms with Crippen molar-refractivity contribution in [3.63, 3.8) is 0 Å². The lowest BCUT2D eigenvalue weighted by Crippen LogP contribution is -2.44. The van der Waals surface area contributed by atoms with Gasteiger partial charge in [0.05, 0.1) is 17.3 Å². The average molecular weight is 330 g/mol. The molecule has 1 aromatic rings. The predicted molar refractivity (Wildman–Crippen MR) is 84.5 cm³/mol. The van der Waals surface area contributed by atoms with Crippen LogP contribution in [-0.2, 0) is 9.53 Å². The Balaban J connectivity index is 2.77. The molecule has 22 heavy (non-hydrogen) atoms. The monoisotopic (exact) mass is 329 g/mol. The number of urea groups is 1. The van der Waals surface area contributed by atoms with Gasteiger partial charge in [0, 0.05) is 14.2 Å². The number of rotatable bonds is 7. The highest BCUT2D eigenvalue weighted by molar-refractivity contribution is 6.32. The number of benzene rings is 1. The van der Waals surface area contributed by atoms with Crippen molar-refractivity contribution in [1.29, 1.82) is 0 Å². The van der Waals surface area contributed by atoms with Crippen molar-refractivity contribution in [3.05, 3.63) is 23.2 Å². The SMILES string of the molecule is CNC(=O)NC(=O)[C@@H](C)Nc1cccc(Cl)c1OCCOC. The summed E-state index contributed by atoms with van der Waals surface area (Å²) in [5, 5.41) is 7.88. The van der Waals surface area contributed by atoms with Crippen molar-refractivity contribution in [3.8, 4) is 5.75 Å². The molecule has 7 nitrogen and oxygen atoms in total. The third-order valence-corrected chi connectivity index (χ3v) is 3.03. The van der Waals surface area contributed by atoms with Crippen LogP contribution >= 0.6 is 11.6 Å². The molecule has 0 unspecified atom stereocenters. The number of carbonyl (C=O) groups is 2. The Morgan fingerprint density at radius 3 is 2.68 bits per heavy atom. The van der Waals surface area contributed by atoms with Gasteiger partial charge in [-0.25, -0.2) is 4.79 Å². The molecule has 1 rings (SSSR count). The molecular formula is C14H20ClN3O4. The highest BCUT2D eigenvalue weighted by Crippen LogP contribution is 2.33. The molecule has 1 atom stereocenters. The van der Waals surface area contributed by atoms with E-state index < -0.39 is 18.0 Å². The van der Waals surface area contributed by atoms with E-state index in [9.17, 15) is 9.59 Å². The van der Waals surface area contributed by atoms with Crippen molar-refractivity contribution in [2.75, 3.05) is 32.7 Å². The number of para-hydroxylation sites is 1. The van der Waals surface area contributed by atoms with Crippen LogP contribution in [0.15, 0.2) is 18.2 Å². The molecule has 0 aliphatic heterocycles. The fourth-order valence-electron chi connectivity index (χ4n) is 1.58. The van der Waals surface area contributed by atoms with Crippen LogP contribution in [0.3, 0.4) is 0 Å². The molecule has 3 amide bonds. The van der Waals surface area contributed by atoms with Gasteiger partial charge < -0.3 is 20.1 Å². The number of halogens is 1. The molecule has 0 bridgehead atoms. The Labute approximate surface area is 134 Å². The maximum atomic E-state index is 11.8. The van der Waals surface area contributed by atoms with E-state index in [1.807, 2.05) is 0 Å². The molecule has 8 heteroatoms. The normalized spacial score (nSPS) is 11.5. The number of carbonyl (C=O) groups excluding carboxylic acids is 2. The standard InChI is InChI=1S/C14H20ClN3O4/c1-9(13(19)18-14(20)16-2)17-11-6-4-5-10(15)12(11)22-8-7-21-3/h4-6,9,17H,7-8H2,1-3H3,(H2,16,18,19,20)/t9-/m1/s1. The van der Waals surface area contributed by atoms with Crippen molar-refractivity contribution in [2.45, 2.75) is 13.0 Å². The quantitative estimate of drug-likeness (QED) is 0.662. The number of hydrogen-bond donors (Lipinski definition) is 3. The zero-order chi connectivity index (χ0) is 16.5. The molecule has 0 aliphatic carbocycles. The van der Waals surface area contributed by atoms with Crippen LogP contribution in [-0.4, -0.2) is 45.4 Å². The van der Waals surface area contributed by atoms with E-state index in [1.54, 1.807) is 32.2 Å². The van der Waals surface area contributed by atoms with E-state index in [4.69, 9.17) is 21.1 Å². The summed E-state index contributed by atoms with van der Waals surface area (Å²) in [6.07, 6.45) is 0. The molecule has 122 valence electrons. The summed E-state index contributed by atoms with van der Waals surface area (Å²) < 4.78 is 10.5. The van der Waals surface area contributed by atoms with Gasteiger partial charge in [0.25, 0.3) is 0 Å². The maximum Gasteiger partial charge on any atom is 0.321 e. The van der Waals surface area contributed by atoms with Gasteiger partial charge in [0.1, 0.15) is 12.6 Å². The third-order valence-electron chi connectivity index (χ3n) is 2.73. The second-order valence-corrected chi connectivity index (χ2v) is 4.80. The summed E-state index contributed by atoms with van der Waals surface area (Å²) in [5.74, 6) is -0.0389. The van der Waals surface area contributed by atoms with Gasteiger partial charge in [-0.2, -0.15) is 0 Å². The van der Waals surface area contributed by atoms with Gasteiger partial charge in [-0.1, -0.05) is 17.7 Å². The second-order valence-electron chi connectivity index (χ2n) is 4.39. The van der Waals surface area contributed by atoms with E-state index >= 15 is 0 Å². The zero-order valence-corrected chi connectivity index (χ0v) is 13.5. The van der Waals surface area contributed by atoms with Crippen LogP contribution in [0.5, 0.6) is 5.75 Å². The lowest BCUT2D eigenvalue weighted by atomic mass is 10.2. The molecule has 0 aliphatic rings. The van der Waals surface area contributed by atoms with E-state index in [2.05, 4.69) is 16.0 Å². The van der Waals surface area contributed by atoms with Crippen molar-refractivity contribution in [1.82, 2.24) is 10.6 Å². The Morgan fingerprint density at radius 1 is 1.32 bits per heavy atom.